The molecule has 0 bridgehead atoms. The predicted molar refractivity (Wildman–Crippen MR) is 180 cm³/mol. The molecule has 18 nitrogen and oxygen atoms in total. The van der Waals surface area contributed by atoms with Crippen LogP contribution in [0.4, 0.5) is 21.2 Å². The highest BCUT2D eigenvalue weighted by molar-refractivity contribution is 5.98. The SMILES string of the molecule is C[C@@H]1[C@H](c2ccccc2)OC(=O)N1C(=O)C(C)(C)n1cnc([N+](=O)[O-])c1.C[C@@H]1[C@H](c2ccccc2)OC(=O)N1C(=O)C(C)(C)n1cnc([N+](=O)[O-])c1. The summed E-state index contributed by atoms with van der Waals surface area (Å²) in [7, 11) is 0. The molecule has 2 aliphatic heterocycles. The second-order valence-electron chi connectivity index (χ2n) is 13.2. The monoisotopic (exact) mass is 716 g/mol. The Balaban J connectivity index is 0.000000201. The first-order valence-electron chi connectivity index (χ1n) is 16.0. The van der Waals surface area contributed by atoms with E-state index in [2.05, 4.69) is 9.97 Å². The molecule has 4 atom stereocenters. The quantitative estimate of drug-likeness (QED) is 0.168. The summed E-state index contributed by atoms with van der Waals surface area (Å²) < 4.78 is 13.4. The van der Waals surface area contributed by atoms with Crippen molar-refractivity contribution in [1.29, 1.82) is 0 Å². The third-order valence-corrected chi connectivity index (χ3v) is 9.08. The van der Waals surface area contributed by atoms with Gasteiger partial charge in [-0.1, -0.05) is 60.7 Å². The summed E-state index contributed by atoms with van der Waals surface area (Å²) in [4.78, 5) is 80.6. The Morgan fingerprint density at radius 3 is 1.27 bits per heavy atom. The highest BCUT2D eigenvalue weighted by Crippen LogP contribution is 2.36. The van der Waals surface area contributed by atoms with Crippen molar-refractivity contribution in [2.24, 2.45) is 0 Å². The average molecular weight is 717 g/mol. The summed E-state index contributed by atoms with van der Waals surface area (Å²) in [5, 5.41) is 21.7. The number of ether oxygens (including phenoxy) is 2. The standard InChI is InChI=1S/2C17H18N4O5/c2*1-11-14(12-7-5-4-6-8-12)26-16(23)20(11)15(22)17(2,3)19-9-13(18-10-19)21(24)25/h2*4-11,14H,1-3H3/t2*11-,14-/m11/s1. The maximum atomic E-state index is 13.1. The van der Waals surface area contributed by atoms with Crippen LogP contribution in [0, 0.1) is 20.2 Å². The van der Waals surface area contributed by atoms with Gasteiger partial charge in [0.2, 0.25) is 12.7 Å². The highest BCUT2D eigenvalue weighted by atomic mass is 16.6. The number of aromatic nitrogens is 4. The molecule has 2 fully saturated rings. The van der Waals surface area contributed by atoms with Gasteiger partial charge in [-0.2, -0.15) is 0 Å². The second-order valence-corrected chi connectivity index (χ2v) is 13.2. The van der Waals surface area contributed by atoms with Crippen LogP contribution in [0.25, 0.3) is 0 Å². The van der Waals surface area contributed by atoms with Crippen molar-refractivity contribution in [2.45, 2.75) is 76.9 Å². The lowest BCUT2D eigenvalue weighted by molar-refractivity contribution is -0.389. The lowest BCUT2D eigenvalue weighted by atomic mass is 9.99. The number of amides is 4. The van der Waals surface area contributed by atoms with Crippen LogP contribution >= 0.6 is 0 Å². The first-order chi connectivity index (χ1) is 24.5. The summed E-state index contributed by atoms with van der Waals surface area (Å²) in [6.07, 6.45) is 2.13. The van der Waals surface area contributed by atoms with E-state index in [4.69, 9.17) is 9.47 Å². The van der Waals surface area contributed by atoms with E-state index in [1.54, 1.807) is 41.5 Å². The van der Waals surface area contributed by atoms with Crippen LogP contribution in [0.1, 0.15) is 64.9 Å². The summed E-state index contributed by atoms with van der Waals surface area (Å²) in [6.45, 7) is 9.72. The maximum absolute atomic E-state index is 13.1. The molecule has 0 radical (unpaired) electrons. The van der Waals surface area contributed by atoms with Crippen LogP contribution in [-0.4, -0.2) is 74.8 Å². The van der Waals surface area contributed by atoms with Crippen molar-refractivity contribution in [3.63, 3.8) is 0 Å². The predicted octanol–water partition coefficient (Wildman–Crippen LogP) is 5.27. The number of rotatable bonds is 8. The minimum atomic E-state index is -1.25. The molecule has 2 aromatic heterocycles. The van der Waals surface area contributed by atoms with Crippen LogP contribution in [0.3, 0.4) is 0 Å². The number of hydrogen-bond donors (Lipinski definition) is 0. The zero-order valence-electron chi connectivity index (χ0n) is 29.1. The molecule has 0 N–H and O–H groups in total. The number of imide groups is 2. The largest absolute Gasteiger partial charge is 0.439 e. The number of carbonyl (C=O) groups excluding carboxylic acids is 4. The molecular weight excluding hydrogens is 680 g/mol. The van der Waals surface area contributed by atoms with E-state index >= 15 is 0 Å². The fraction of sp³-hybridized carbons (Fsp3) is 0.353. The van der Waals surface area contributed by atoms with Crippen molar-refractivity contribution in [1.82, 2.24) is 28.9 Å². The van der Waals surface area contributed by atoms with Crippen LogP contribution < -0.4 is 0 Å². The molecule has 2 saturated heterocycles. The molecule has 4 heterocycles. The third-order valence-electron chi connectivity index (χ3n) is 9.08. The van der Waals surface area contributed by atoms with E-state index in [1.807, 2.05) is 60.7 Å². The average Bonchev–Trinajstić information content (AvgIpc) is 3.92. The molecule has 2 aliphatic rings. The number of cyclic esters (lactones) is 2. The van der Waals surface area contributed by atoms with Gasteiger partial charge in [-0.15, -0.1) is 0 Å². The van der Waals surface area contributed by atoms with Gasteiger partial charge in [0, 0.05) is 0 Å². The number of nitro groups is 2. The number of hydrogen-bond acceptors (Lipinski definition) is 12. The molecule has 4 aromatic rings. The van der Waals surface area contributed by atoms with Crippen LogP contribution in [0.2, 0.25) is 0 Å². The number of imidazole rings is 2. The number of benzene rings is 2. The van der Waals surface area contributed by atoms with Crippen molar-refractivity contribution in [3.05, 3.63) is 117 Å². The summed E-state index contributed by atoms with van der Waals surface area (Å²) >= 11 is 0. The van der Waals surface area contributed by atoms with E-state index in [0.717, 1.165) is 20.9 Å². The fourth-order valence-corrected chi connectivity index (χ4v) is 5.88. The topological polar surface area (TPSA) is 215 Å². The molecule has 52 heavy (non-hydrogen) atoms. The summed E-state index contributed by atoms with van der Waals surface area (Å²) in [5.41, 5.74) is -0.917. The van der Waals surface area contributed by atoms with E-state index in [0.29, 0.717) is 0 Å². The van der Waals surface area contributed by atoms with Gasteiger partial charge in [0.05, 0.1) is 12.1 Å². The van der Waals surface area contributed by atoms with Crippen LogP contribution in [0.5, 0.6) is 0 Å². The van der Waals surface area contributed by atoms with Gasteiger partial charge in [-0.05, 0) is 72.5 Å². The van der Waals surface area contributed by atoms with Crippen LogP contribution in [-0.2, 0) is 30.1 Å². The van der Waals surface area contributed by atoms with Gasteiger partial charge in [-0.25, -0.2) is 19.4 Å². The van der Waals surface area contributed by atoms with Gasteiger partial charge < -0.3 is 29.7 Å². The molecule has 6 rings (SSSR count). The Bertz CT molecular complexity index is 1870. The first-order valence-corrected chi connectivity index (χ1v) is 16.0. The molecule has 272 valence electrons. The first kappa shape index (κ1) is 36.8. The molecule has 0 saturated carbocycles. The molecule has 2 aromatic carbocycles. The normalized spacial score (nSPS) is 20.1. The van der Waals surface area contributed by atoms with E-state index in [9.17, 15) is 39.4 Å². The van der Waals surface area contributed by atoms with Crippen molar-refractivity contribution >= 4 is 35.6 Å². The molecule has 0 spiro atoms. The van der Waals surface area contributed by atoms with Gasteiger partial charge >= 0.3 is 23.8 Å². The third kappa shape index (κ3) is 6.81. The Labute approximate surface area is 296 Å². The zero-order valence-corrected chi connectivity index (χ0v) is 29.1. The van der Waals surface area contributed by atoms with Crippen molar-refractivity contribution in [2.75, 3.05) is 0 Å². The number of nitrogens with zero attached hydrogens (tertiary/aromatic N) is 8. The van der Waals surface area contributed by atoms with Gasteiger partial charge in [-0.3, -0.25) is 18.7 Å². The van der Waals surface area contributed by atoms with Crippen molar-refractivity contribution < 1.29 is 38.5 Å². The molecular formula is C34H36N8O10. The van der Waals surface area contributed by atoms with Crippen molar-refractivity contribution in [3.8, 4) is 0 Å². The second kappa shape index (κ2) is 14.0. The summed E-state index contributed by atoms with van der Waals surface area (Å²) in [6, 6.07) is 17.3. The lowest BCUT2D eigenvalue weighted by Crippen LogP contribution is -2.49. The molecule has 0 unspecified atom stereocenters. The van der Waals surface area contributed by atoms with Gasteiger partial charge in [0.25, 0.3) is 11.8 Å². The minimum Gasteiger partial charge on any atom is -0.439 e. The Hall–Kier alpha value is -6.46. The maximum Gasteiger partial charge on any atom is 0.417 e. The Kier molecular flexibility index (Phi) is 9.94. The smallest absolute Gasteiger partial charge is 0.417 e. The van der Waals surface area contributed by atoms with Crippen LogP contribution in [0.15, 0.2) is 85.7 Å². The molecule has 18 heteroatoms. The number of carbonyl (C=O) groups is 4. The summed E-state index contributed by atoms with van der Waals surface area (Å²) in [5.74, 6) is -1.79. The van der Waals surface area contributed by atoms with E-state index in [-0.39, 0.29) is 11.6 Å². The zero-order chi connectivity index (χ0) is 38.1. The molecule has 0 aliphatic carbocycles. The lowest BCUT2D eigenvalue weighted by Gasteiger charge is -2.29. The Morgan fingerprint density at radius 2 is 0.981 bits per heavy atom. The Morgan fingerprint density at radius 1 is 0.654 bits per heavy atom. The highest BCUT2D eigenvalue weighted by Gasteiger charge is 2.50. The fourth-order valence-electron chi connectivity index (χ4n) is 5.88. The van der Waals surface area contributed by atoms with E-state index < -0.39 is 69.2 Å². The minimum absolute atomic E-state index is 0.370. The van der Waals surface area contributed by atoms with Gasteiger partial charge in [0.15, 0.2) is 0 Å². The van der Waals surface area contributed by atoms with Gasteiger partial charge in [0.1, 0.15) is 35.7 Å². The molecule has 4 amide bonds. The van der Waals surface area contributed by atoms with E-state index in [1.165, 1.54) is 34.2 Å².